The van der Waals surface area contributed by atoms with Crippen molar-refractivity contribution in [3.8, 4) is 0 Å². The number of fused-ring (bicyclic) bond motifs is 1. The summed E-state index contributed by atoms with van der Waals surface area (Å²) in [5.74, 6) is 1.80. The van der Waals surface area contributed by atoms with Crippen LogP contribution in [0, 0.1) is 0 Å². The predicted molar refractivity (Wildman–Crippen MR) is 62.2 cm³/mol. The number of thioether (sulfide) groups is 1. The Kier molecular flexibility index (Phi) is 3.27. The molecule has 1 aromatic carbocycles. The number of halogens is 2. The molecule has 0 saturated heterocycles. The summed E-state index contributed by atoms with van der Waals surface area (Å²) in [6, 6.07) is 3.63. The van der Waals surface area contributed by atoms with Crippen LogP contribution in [0.2, 0.25) is 10.0 Å². The topological polar surface area (TPSA) is 20.2 Å². The second-order valence-corrected chi connectivity index (χ2v) is 5.18. The largest absolute Gasteiger partial charge is 0.388 e. The summed E-state index contributed by atoms with van der Waals surface area (Å²) in [5.41, 5.74) is 1.93. The summed E-state index contributed by atoms with van der Waals surface area (Å²) >= 11 is 13.8. The van der Waals surface area contributed by atoms with Crippen molar-refractivity contribution in [2.75, 3.05) is 5.75 Å². The average Bonchev–Trinajstić information content (AvgIpc) is 2.35. The zero-order chi connectivity index (χ0) is 10.1. The summed E-state index contributed by atoms with van der Waals surface area (Å²) in [4.78, 5) is 0. The minimum Gasteiger partial charge on any atom is -0.388 e. The van der Waals surface area contributed by atoms with E-state index in [4.69, 9.17) is 23.2 Å². The second kappa shape index (κ2) is 4.31. The fraction of sp³-hybridized carbons (Fsp3) is 0.400. The Balaban J connectivity index is 2.53. The molecule has 1 aliphatic rings. The third kappa shape index (κ3) is 1.89. The van der Waals surface area contributed by atoms with Crippen LogP contribution in [-0.2, 0) is 5.75 Å². The van der Waals surface area contributed by atoms with E-state index < -0.39 is 6.10 Å². The van der Waals surface area contributed by atoms with E-state index in [1.54, 1.807) is 17.8 Å². The maximum absolute atomic E-state index is 9.84. The molecule has 4 heteroatoms. The Hall–Kier alpha value is 0.110. The number of aliphatic hydroxyl groups is 1. The average molecular weight is 249 g/mol. The lowest BCUT2D eigenvalue weighted by molar-refractivity contribution is 0.175. The lowest BCUT2D eigenvalue weighted by Gasteiger charge is -2.12. The molecule has 1 N–H and O–H groups in total. The normalized spacial score (nSPS) is 21.5. The minimum atomic E-state index is -0.394. The van der Waals surface area contributed by atoms with Crippen LogP contribution in [0.4, 0.5) is 0 Å². The van der Waals surface area contributed by atoms with Crippen LogP contribution in [0.25, 0.3) is 0 Å². The third-order valence-electron chi connectivity index (χ3n) is 2.37. The van der Waals surface area contributed by atoms with E-state index >= 15 is 0 Å². The summed E-state index contributed by atoms with van der Waals surface area (Å²) < 4.78 is 0. The standard InChI is InChI=1S/C10H10Cl2OS/c11-8-2-1-6-7(10(8)12)5-14-4-3-9(6)13/h1-2,9,13H,3-5H2. The molecule has 0 saturated carbocycles. The first-order valence-electron chi connectivity index (χ1n) is 4.42. The summed E-state index contributed by atoms with van der Waals surface area (Å²) in [7, 11) is 0. The third-order valence-corrected chi connectivity index (χ3v) is 4.23. The highest BCUT2D eigenvalue weighted by Gasteiger charge is 2.19. The van der Waals surface area contributed by atoms with Crippen molar-refractivity contribution in [3.63, 3.8) is 0 Å². The highest BCUT2D eigenvalue weighted by Crippen LogP contribution is 2.37. The zero-order valence-corrected chi connectivity index (χ0v) is 9.79. The van der Waals surface area contributed by atoms with Gasteiger partial charge in [-0.2, -0.15) is 11.8 Å². The minimum absolute atomic E-state index is 0.394. The quantitative estimate of drug-likeness (QED) is 0.757. The maximum atomic E-state index is 9.84. The van der Waals surface area contributed by atoms with Gasteiger partial charge in [-0.15, -0.1) is 0 Å². The van der Waals surface area contributed by atoms with Gasteiger partial charge in [-0.1, -0.05) is 29.3 Å². The van der Waals surface area contributed by atoms with Gasteiger partial charge in [-0.3, -0.25) is 0 Å². The van der Waals surface area contributed by atoms with Crippen molar-refractivity contribution in [1.82, 2.24) is 0 Å². The van der Waals surface area contributed by atoms with Crippen molar-refractivity contribution in [2.45, 2.75) is 18.3 Å². The van der Waals surface area contributed by atoms with Crippen LogP contribution >= 0.6 is 35.0 Å². The lowest BCUT2D eigenvalue weighted by atomic mass is 10.0. The molecule has 1 atom stereocenters. The molecule has 0 aliphatic carbocycles. The molecule has 2 rings (SSSR count). The number of rotatable bonds is 0. The molecule has 0 bridgehead atoms. The van der Waals surface area contributed by atoms with E-state index in [0.29, 0.717) is 10.0 Å². The fourth-order valence-corrected chi connectivity index (χ4v) is 3.14. The smallest absolute Gasteiger partial charge is 0.0801 e. The molecule has 0 aromatic heterocycles. The Labute approximate surface area is 97.4 Å². The van der Waals surface area contributed by atoms with Gasteiger partial charge in [0.2, 0.25) is 0 Å². The van der Waals surface area contributed by atoms with Crippen LogP contribution in [0.5, 0.6) is 0 Å². The van der Waals surface area contributed by atoms with Gasteiger partial charge in [-0.05, 0) is 29.4 Å². The molecule has 76 valence electrons. The van der Waals surface area contributed by atoms with Crippen LogP contribution in [0.3, 0.4) is 0 Å². The van der Waals surface area contributed by atoms with Gasteiger partial charge in [-0.25, -0.2) is 0 Å². The van der Waals surface area contributed by atoms with Gasteiger partial charge in [0.05, 0.1) is 16.1 Å². The van der Waals surface area contributed by atoms with Crippen LogP contribution in [0.1, 0.15) is 23.7 Å². The predicted octanol–water partition coefficient (Wildman–Crippen LogP) is 3.66. The molecule has 0 spiro atoms. The van der Waals surface area contributed by atoms with E-state index in [9.17, 15) is 5.11 Å². The molecule has 1 nitrogen and oxygen atoms in total. The van der Waals surface area contributed by atoms with Gasteiger partial charge in [0.1, 0.15) is 0 Å². The Bertz CT molecular complexity index is 354. The molecule has 0 fully saturated rings. The molecule has 1 aliphatic heterocycles. The number of hydrogen-bond donors (Lipinski definition) is 1. The van der Waals surface area contributed by atoms with E-state index in [0.717, 1.165) is 29.1 Å². The van der Waals surface area contributed by atoms with E-state index in [1.165, 1.54) is 0 Å². The molecule has 0 radical (unpaired) electrons. The molecule has 1 heterocycles. The van der Waals surface area contributed by atoms with E-state index in [-0.39, 0.29) is 0 Å². The maximum Gasteiger partial charge on any atom is 0.0801 e. The number of hydrogen-bond acceptors (Lipinski definition) is 2. The van der Waals surface area contributed by atoms with E-state index in [1.807, 2.05) is 6.07 Å². The number of benzene rings is 1. The Morgan fingerprint density at radius 3 is 2.93 bits per heavy atom. The van der Waals surface area contributed by atoms with E-state index in [2.05, 4.69) is 0 Å². The van der Waals surface area contributed by atoms with Gasteiger partial charge in [0.15, 0.2) is 0 Å². The van der Waals surface area contributed by atoms with Crippen molar-refractivity contribution < 1.29 is 5.11 Å². The molecular weight excluding hydrogens is 239 g/mol. The Morgan fingerprint density at radius 2 is 2.14 bits per heavy atom. The zero-order valence-electron chi connectivity index (χ0n) is 7.46. The van der Waals surface area contributed by atoms with Crippen molar-refractivity contribution in [1.29, 1.82) is 0 Å². The van der Waals surface area contributed by atoms with Crippen LogP contribution in [0.15, 0.2) is 12.1 Å². The molecule has 14 heavy (non-hydrogen) atoms. The fourth-order valence-electron chi connectivity index (χ4n) is 1.59. The van der Waals surface area contributed by atoms with Gasteiger partial charge in [0, 0.05) is 5.75 Å². The highest BCUT2D eigenvalue weighted by atomic mass is 35.5. The molecule has 1 aromatic rings. The molecule has 1 unspecified atom stereocenters. The molecule has 0 amide bonds. The summed E-state index contributed by atoms with van der Waals surface area (Å²) in [6.45, 7) is 0. The number of aliphatic hydroxyl groups excluding tert-OH is 1. The van der Waals surface area contributed by atoms with Crippen LogP contribution in [-0.4, -0.2) is 10.9 Å². The highest BCUT2D eigenvalue weighted by molar-refractivity contribution is 7.98. The van der Waals surface area contributed by atoms with Gasteiger partial charge < -0.3 is 5.11 Å². The summed E-state index contributed by atoms with van der Waals surface area (Å²) in [5, 5.41) is 11.0. The first-order valence-corrected chi connectivity index (χ1v) is 6.34. The van der Waals surface area contributed by atoms with Crippen LogP contribution < -0.4 is 0 Å². The molecular formula is C10H10Cl2OS. The van der Waals surface area contributed by atoms with Crippen molar-refractivity contribution >= 4 is 35.0 Å². The van der Waals surface area contributed by atoms with Gasteiger partial charge >= 0.3 is 0 Å². The summed E-state index contributed by atoms with van der Waals surface area (Å²) in [6.07, 6.45) is 0.394. The SMILES string of the molecule is OC1CCSCc2c1ccc(Cl)c2Cl. The first kappa shape index (κ1) is 10.6. The van der Waals surface area contributed by atoms with Gasteiger partial charge in [0.25, 0.3) is 0 Å². The second-order valence-electron chi connectivity index (χ2n) is 3.29. The monoisotopic (exact) mass is 248 g/mol. The Morgan fingerprint density at radius 1 is 1.36 bits per heavy atom. The van der Waals surface area contributed by atoms with Crippen molar-refractivity contribution in [2.24, 2.45) is 0 Å². The van der Waals surface area contributed by atoms with Crippen molar-refractivity contribution in [3.05, 3.63) is 33.3 Å². The lowest BCUT2D eigenvalue weighted by Crippen LogP contribution is -2.00. The first-order chi connectivity index (χ1) is 6.70.